The maximum absolute atomic E-state index is 11.5. The molecule has 3 N–H and O–H groups in total. The first kappa shape index (κ1) is 14.4. The molecule has 0 aliphatic rings. The summed E-state index contributed by atoms with van der Waals surface area (Å²) in [6, 6.07) is 0. The monoisotopic (exact) mass is 216 g/mol. The molecule has 0 saturated heterocycles. The Morgan fingerprint density at radius 3 is 2.33 bits per heavy atom. The van der Waals surface area contributed by atoms with Gasteiger partial charge in [0, 0.05) is 13.7 Å². The zero-order valence-electron chi connectivity index (χ0n) is 10.3. The van der Waals surface area contributed by atoms with Gasteiger partial charge in [-0.3, -0.25) is 4.79 Å². The summed E-state index contributed by atoms with van der Waals surface area (Å²) in [5.74, 6) is -0.0720. The van der Waals surface area contributed by atoms with Crippen LogP contribution >= 0.6 is 0 Å². The van der Waals surface area contributed by atoms with E-state index in [0.717, 1.165) is 12.8 Å². The van der Waals surface area contributed by atoms with Crippen LogP contribution in [0, 0.1) is 5.41 Å². The third-order valence-corrected chi connectivity index (χ3v) is 3.29. The molecule has 1 atom stereocenters. The molecule has 4 nitrogen and oxygen atoms in total. The van der Waals surface area contributed by atoms with E-state index in [4.69, 9.17) is 10.5 Å². The second kappa shape index (κ2) is 6.80. The topological polar surface area (TPSA) is 64.3 Å². The molecule has 1 amide bonds. The Morgan fingerprint density at radius 2 is 2.00 bits per heavy atom. The van der Waals surface area contributed by atoms with Gasteiger partial charge in [0.25, 0.3) is 0 Å². The smallest absolute Gasteiger partial charge is 0.248 e. The van der Waals surface area contributed by atoms with Crippen LogP contribution < -0.4 is 11.1 Å². The Balaban J connectivity index is 4.16. The number of rotatable bonds is 7. The van der Waals surface area contributed by atoms with E-state index < -0.39 is 6.10 Å². The van der Waals surface area contributed by atoms with E-state index in [9.17, 15) is 4.79 Å². The third kappa shape index (κ3) is 4.18. The summed E-state index contributed by atoms with van der Waals surface area (Å²) < 4.78 is 4.93. The lowest BCUT2D eigenvalue weighted by Gasteiger charge is -2.30. The van der Waals surface area contributed by atoms with Gasteiger partial charge in [0.1, 0.15) is 6.10 Å². The molecular weight excluding hydrogens is 192 g/mol. The molecule has 0 fully saturated rings. The van der Waals surface area contributed by atoms with E-state index in [1.54, 1.807) is 6.92 Å². The minimum Gasteiger partial charge on any atom is -0.372 e. The third-order valence-electron chi connectivity index (χ3n) is 3.29. The van der Waals surface area contributed by atoms with Crippen LogP contribution in [0.1, 0.15) is 33.6 Å². The Kier molecular flexibility index (Phi) is 6.52. The lowest BCUT2D eigenvalue weighted by atomic mass is 9.82. The first-order valence-electron chi connectivity index (χ1n) is 5.55. The molecule has 0 spiro atoms. The zero-order valence-corrected chi connectivity index (χ0v) is 10.3. The number of nitrogens with two attached hydrogens (primary N) is 1. The molecule has 0 saturated carbocycles. The summed E-state index contributed by atoms with van der Waals surface area (Å²) in [4.78, 5) is 11.5. The second-order valence-corrected chi connectivity index (χ2v) is 4.01. The van der Waals surface area contributed by atoms with Crippen LogP contribution in [0.15, 0.2) is 0 Å². The standard InChI is InChI=1S/C11H24N2O2/c1-5-11(6-2,7-12)8-13-10(14)9(3)15-4/h9H,5-8,12H2,1-4H3,(H,13,14). The Morgan fingerprint density at radius 1 is 1.47 bits per heavy atom. The lowest BCUT2D eigenvalue weighted by molar-refractivity contribution is -0.130. The summed E-state index contributed by atoms with van der Waals surface area (Å²) in [5, 5.41) is 2.88. The van der Waals surface area contributed by atoms with E-state index in [-0.39, 0.29) is 11.3 Å². The number of hydrogen-bond acceptors (Lipinski definition) is 3. The zero-order chi connectivity index (χ0) is 11.9. The highest BCUT2D eigenvalue weighted by Gasteiger charge is 2.25. The highest BCUT2D eigenvalue weighted by molar-refractivity contribution is 5.80. The summed E-state index contributed by atoms with van der Waals surface area (Å²) in [6.07, 6.45) is 1.55. The molecule has 4 heteroatoms. The maximum atomic E-state index is 11.5. The van der Waals surface area contributed by atoms with Gasteiger partial charge >= 0.3 is 0 Å². The van der Waals surface area contributed by atoms with Crippen LogP contribution in [0.5, 0.6) is 0 Å². The quantitative estimate of drug-likeness (QED) is 0.664. The van der Waals surface area contributed by atoms with E-state index in [2.05, 4.69) is 19.2 Å². The van der Waals surface area contributed by atoms with Gasteiger partial charge in [-0.05, 0) is 31.7 Å². The normalized spacial score (nSPS) is 13.7. The number of carbonyl (C=O) groups is 1. The number of ether oxygens (including phenoxy) is 1. The van der Waals surface area contributed by atoms with Crippen molar-refractivity contribution in [1.82, 2.24) is 5.32 Å². The van der Waals surface area contributed by atoms with Gasteiger partial charge in [-0.1, -0.05) is 13.8 Å². The molecule has 0 bridgehead atoms. The van der Waals surface area contributed by atoms with Crippen LogP contribution in [-0.4, -0.2) is 32.2 Å². The first-order valence-corrected chi connectivity index (χ1v) is 5.55. The Labute approximate surface area is 92.6 Å². The maximum Gasteiger partial charge on any atom is 0.248 e. The van der Waals surface area contributed by atoms with Crippen LogP contribution in [0.4, 0.5) is 0 Å². The Hall–Kier alpha value is -0.610. The van der Waals surface area contributed by atoms with E-state index in [1.165, 1.54) is 7.11 Å². The molecular formula is C11H24N2O2. The minimum atomic E-state index is -0.394. The Bertz CT molecular complexity index is 183. The predicted molar refractivity (Wildman–Crippen MR) is 61.6 cm³/mol. The van der Waals surface area contributed by atoms with Crippen molar-refractivity contribution in [3.8, 4) is 0 Å². The van der Waals surface area contributed by atoms with Crippen LogP contribution in [0.3, 0.4) is 0 Å². The number of methoxy groups -OCH3 is 1. The number of amides is 1. The number of nitrogens with one attached hydrogen (secondary N) is 1. The molecule has 0 radical (unpaired) electrons. The van der Waals surface area contributed by atoms with Crippen molar-refractivity contribution in [3.05, 3.63) is 0 Å². The van der Waals surface area contributed by atoms with E-state index in [1.807, 2.05) is 0 Å². The van der Waals surface area contributed by atoms with Crippen molar-refractivity contribution in [2.24, 2.45) is 11.1 Å². The molecule has 0 aliphatic heterocycles. The van der Waals surface area contributed by atoms with Gasteiger partial charge in [0.15, 0.2) is 0 Å². The molecule has 0 heterocycles. The van der Waals surface area contributed by atoms with E-state index >= 15 is 0 Å². The average Bonchev–Trinajstić information content (AvgIpc) is 2.30. The van der Waals surface area contributed by atoms with Gasteiger partial charge in [0.2, 0.25) is 5.91 Å². The fourth-order valence-electron chi connectivity index (χ4n) is 1.39. The van der Waals surface area contributed by atoms with Gasteiger partial charge < -0.3 is 15.8 Å². The van der Waals surface area contributed by atoms with Crippen molar-refractivity contribution < 1.29 is 9.53 Å². The molecule has 0 aromatic rings. The average molecular weight is 216 g/mol. The molecule has 0 rings (SSSR count). The van der Waals surface area contributed by atoms with Crippen molar-refractivity contribution in [3.63, 3.8) is 0 Å². The van der Waals surface area contributed by atoms with E-state index in [0.29, 0.717) is 13.1 Å². The minimum absolute atomic E-state index is 0.0309. The second-order valence-electron chi connectivity index (χ2n) is 4.01. The fourth-order valence-corrected chi connectivity index (χ4v) is 1.39. The number of carbonyl (C=O) groups excluding carboxylic acids is 1. The SMILES string of the molecule is CCC(CC)(CN)CNC(=O)C(C)OC. The largest absolute Gasteiger partial charge is 0.372 e. The van der Waals surface area contributed by atoms with Crippen molar-refractivity contribution >= 4 is 5.91 Å². The van der Waals surface area contributed by atoms with Crippen LogP contribution in [-0.2, 0) is 9.53 Å². The predicted octanol–water partition coefficient (Wildman–Crippen LogP) is 0.903. The summed E-state index contributed by atoms with van der Waals surface area (Å²) in [6.45, 7) is 7.16. The lowest BCUT2D eigenvalue weighted by Crippen LogP contribution is -2.44. The first-order chi connectivity index (χ1) is 7.05. The molecule has 90 valence electrons. The highest BCUT2D eigenvalue weighted by Crippen LogP contribution is 2.23. The van der Waals surface area contributed by atoms with Crippen molar-refractivity contribution in [2.75, 3.05) is 20.2 Å². The van der Waals surface area contributed by atoms with Gasteiger partial charge in [-0.15, -0.1) is 0 Å². The van der Waals surface area contributed by atoms with Gasteiger partial charge in [-0.25, -0.2) is 0 Å². The summed E-state index contributed by atoms with van der Waals surface area (Å²) >= 11 is 0. The molecule has 0 aliphatic carbocycles. The molecule has 0 aromatic heterocycles. The van der Waals surface area contributed by atoms with Crippen molar-refractivity contribution in [2.45, 2.75) is 39.7 Å². The molecule has 1 unspecified atom stereocenters. The number of hydrogen-bond donors (Lipinski definition) is 2. The fraction of sp³-hybridized carbons (Fsp3) is 0.909. The van der Waals surface area contributed by atoms with Crippen LogP contribution in [0.25, 0.3) is 0 Å². The summed E-state index contributed by atoms with van der Waals surface area (Å²) in [5.41, 5.74) is 5.77. The molecule has 15 heavy (non-hydrogen) atoms. The van der Waals surface area contributed by atoms with Gasteiger partial charge in [-0.2, -0.15) is 0 Å². The summed E-state index contributed by atoms with van der Waals surface area (Å²) in [7, 11) is 1.53. The highest BCUT2D eigenvalue weighted by atomic mass is 16.5. The van der Waals surface area contributed by atoms with Crippen molar-refractivity contribution in [1.29, 1.82) is 0 Å². The van der Waals surface area contributed by atoms with Crippen LogP contribution in [0.2, 0.25) is 0 Å². The molecule has 0 aromatic carbocycles. The van der Waals surface area contributed by atoms with Gasteiger partial charge in [0.05, 0.1) is 0 Å².